The van der Waals surface area contributed by atoms with E-state index in [2.05, 4.69) is 21.3 Å². The van der Waals surface area contributed by atoms with E-state index in [0.29, 0.717) is 12.0 Å². The van der Waals surface area contributed by atoms with Gasteiger partial charge in [-0.15, -0.1) is 16.8 Å². The number of nitrogens with zero attached hydrogens (tertiary/aromatic N) is 3. The number of ether oxygens (including phenoxy) is 1. The van der Waals surface area contributed by atoms with Crippen molar-refractivity contribution in [3.8, 4) is 0 Å². The van der Waals surface area contributed by atoms with E-state index in [-0.39, 0.29) is 0 Å². The molecule has 0 N–H and O–H groups in total. The van der Waals surface area contributed by atoms with Crippen molar-refractivity contribution in [3.05, 3.63) is 18.5 Å². The Labute approximate surface area is 137 Å². The Bertz CT molecular complexity index is 476. The quantitative estimate of drug-likeness (QED) is 0.582. The van der Waals surface area contributed by atoms with Crippen LogP contribution in [-0.4, -0.2) is 33.2 Å². The molecule has 1 aromatic heterocycles. The summed E-state index contributed by atoms with van der Waals surface area (Å²) in [5.74, 6) is 2.74. The third-order valence-corrected chi connectivity index (χ3v) is 5.80. The Kier molecular flexibility index (Phi) is 5.96. The van der Waals surface area contributed by atoms with Gasteiger partial charge in [0.05, 0.1) is 6.10 Å². The van der Waals surface area contributed by atoms with Crippen LogP contribution in [0.15, 0.2) is 17.8 Å². The van der Waals surface area contributed by atoms with E-state index < -0.39 is 0 Å². The highest BCUT2D eigenvalue weighted by Gasteiger charge is 2.23. The average molecular weight is 321 g/mol. The molecule has 4 nitrogen and oxygen atoms in total. The lowest BCUT2D eigenvalue weighted by Gasteiger charge is -2.23. The van der Waals surface area contributed by atoms with Crippen LogP contribution in [0.2, 0.25) is 0 Å². The van der Waals surface area contributed by atoms with Gasteiger partial charge >= 0.3 is 0 Å². The van der Waals surface area contributed by atoms with Crippen molar-refractivity contribution >= 4 is 11.8 Å². The van der Waals surface area contributed by atoms with Crippen molar-refractivity contribution in [3.63, 3.8) is 0 Å². The van der Waals surface area contributed by atoms with E-state index >= 15 is 0 Å². The molecule has 1 saturated carbocycles. The second-order valence-corrected chi connectivity index (χ2v) is 7.36. The highest BCUT2D eigenvalue weighted by atomic mass is 32.2. The number of thioether (sulfide) groups is 1. The number of hydrogen-bond acceptors (Lipinski definition) is 4. The highest BCUT2D eigenvalue weighted by molar-refractivity contribution is 7.99. The van der Waals surface area contributed by atoms with E-state index in [1.54, 1.807) is 11.8 Å². The standard InChI is InChI=1S/C17H27N3OS/c1-2-11-20-16(14-8-4-3-5-9-14)18-19-17(20)22-13-15-10-6-7-12-21-15/h2,14-15H,1,3-13H2. The fraction of sp³-hybridized carbons (Fsp3) is 0.765. The highest BCUT2D eigenvalue weighted by Crippen LogP contribution is 2.33. The lowest BCUT2D eigenvalue weighted by Crippen LogP contribution is -2.21. The minimum absolute atomic E-state index is 0.380. The summed E-state index contributed by atoms with van der Waals surface area (Å²) in [6.45, 7) is 5.63. The van der Waals surface area contributed by atoms with Crippen LogP contribution in [0.3, 0.4) is 0 Å². The predicted molar refractivity (Wildman–Crippen MR) is 90.4 cm³/mol. The molecule has 1 aliphatic carbocycles. The lowest BCUT2D eigenvalue weighted by atomic mass is 9.89. The van der Waals surface area contributed by atoms with Crippen molar-refractivity contribution in [2.75, 3.05) is 12.4 Å². The Balaban J connectivity index is 1.67. The van der Waals surface area contributed by atoms with Crippen LogP contribution in [0, 0.1) is 0 Å². The number of rotatable bonds is 6. The molecule has 2 aliphatic rings. The second-order valence-electron chi connectivity index (χ2n) is 6.37. The SMILES string of the molecule is C=CCn1c(SCC2CCCCO2)nnc1C1CCCCC1. The summed E-state index contributed by atoms with van der Waals surface area (Å²) in [6.07, 6.45) is 12.5. The summed E-state index contributed by atoms with van der Waals surface area (Å²) in [7, 11) is 0. The minimum atomic E-state index is 0.380. The zero-order valence-electron chi connectivity index (χ0n) is 13.4. The number of aromatic nitrogens is 3. The van der Waals surface area contributed by atoms with Crippen LogP contribution >= 0.6 is 11.8 Å². The molecule has 1 saturated heterocycles. The van der Waals surface area contributed by atoms with Crippen LogP contribution in [0.4, 0.5) is 0 Å². The maximum absolute atomic E-state index is 5.82. The van der Waals surface area contributed by atoms with Crippen LogP contribution < -0.4 is 0 Å². The van der Waals surface area contributed by atoms with Crippen molar-refractivity contribution in [2.24, 2.45) is 0 Å². The molecular formula is C17H27N3OS. The van der Waals surface area contributed by atoms with Crippen molar-refractivity contribution in [1.29, 1.82) is 0 Å². The van der Waals surface area contributed by atoms with E-state index in [1.165, 1.54) is 57.2 Å². The molecule has 3 rings (SSSR count). The van der Waals surface area contributed by atoms with Crippen LogP contribution in [0.1, 0.15) is 63.1 Å². The first-order chi connectivity index (χ1) is 10.9. The second kappa shape index (κ2) is 8.16. The zero-order chi connectivity index (χ0) is 15.2. The third-order valence-electron chi connectivity index (χ3n) is 4.70. The molecule has 2 fully saturated rings. The summed E-state index contributed by atoms with van der Waals surface area (Å²) < 4.78 is 8.10. The van der Waals surface area contributed by atoms with Gasteiger partial charge in [0.1, 0.15) is 5.82 Å². The molecule has 122 valence electrons. The molecule has 0 bridgehead atoms. The normalized spacial score (nSPS) is 23.5. The first kappa shape index (κ1) is 16.1. The fourth-order valence-corrected chi connectivity index (χ4v) is 4.50. The minimum Gasteiger partial charge on any atom is -0.377 e. The Hall–Kier alpha value is -0.810. The summed E-state index contributed by atoms with van der Waals surface area (Å²) in [4.78, 5) is 0. The Morgan fingerprint density at radius 3 is 2.68 bits per heavy atom. The zero-order valence-corrected chi connectivity index (χ0v) is 14.2. The van der Waals surface area contributed by atoms with Crippen LogP contribution in [-0.2, 0) is 11.3 Å². The summed E-state index contributed by atoms with van der Waals surface area (Å²) >= 11 is 1.79. The molecule has 0 aromatic carbocycles. The van der Waals surface area contributed by atoms with E-state index in [9.17, 15) is 0 Å². The summed E-state index contributed by atoms with van der Waals surface area (Å²) in [5, 5.41) is 10.0. The van der Waals surface area contributed by atoms with E-state index in [4.69, 9.17) is 4.74 Å². The van der Waals surface area contributed by atoms with Crippen molar-refractivity contribution in [1.82, 2.24) is 14.8 Å². The van der Waals surface area contributed by atoms with Gasteiger partial charge in [-0.25, -0.2) is 0 Å². The van der Waals surface area contributed by atoms with Gasteiger partial charge in [0.25, 0.3) is 0 Å². The van der Waals surface area contributed by atoms with Crippen molar-refractivity contribution < 1.29 is 4.74 Å². The van der Waals surface area contributed by atoms with Gasteiger partial charge in [-0.05, 0) is 32.1 Å². The molecule has 0 spiro atoms. The molecular weight excluding hydrogens is 294 g/mol. The van der Waals surface area contributed by atoms with Gasteiger partial charge in [-0.2, -0.15) is 0 Å². The molecule has 2 heterocycles. The first-order valence-electron chi connectivity index (χ1n) is 8.67. The van der Waals surface area contributed by atoms with Gasteiger partial charge in [-0.1, -0.05) is 37.1 Å². The fourth-order valence-electron chi connectivity index (χ4n) is 3.48. The van der Waals surface area contributed by atoms with Gasteiger partial charge < -0.3 is 9.30 Å². The van der Waals surface area contributed by atoms with Crippen LogP contribution in [0.5, 0.6) is 0 Å². The average Bonchev–Trinajstić information content (AvgIpc) is 2.98. The summed E-state index contributed by atoms with van der Waals surface area (Å²) in [6, 6.07) is 0. The van der Waals surface area contributed by atoms with E-state index in [1.807, 2.05) is 6.08 Å². The monoisotopic (exact) mass is 321 g/mol. The Morgan fingerprint density at radius 1 is 1.14 bits per heavy atom. The first-order valence-corrected chi connectivity index (χ1v) is 9.65. The third kappa shape index (κ3) is 3.93. The van der Waals surface area contributed by atoms with Crippen molar-refractivity contribution in [2.45, 2.75) is 75.1 Å². The molecule has 1 unspecified atom stereocenters. The Morgan fingerprint density at radius 2 is 1.95 bits per heavy atom. The van der Waals surface area contributed by atoms with E-state index in [0.717, 1.165) is 24.1 Å². The molecule has 0 radical (unpaired) electrons. The molecule has 22 heavy (non-hydrogen) atoms. The molecule has 0 amide bonds. The van der Waals surface area contributed by atoms with Crippen LogP contribution in [0.25, 0.3) is 0 Å². The number of allylic oxidation sites excluding steroid dienone is 1. The van der Waals surface area contributed by atoms with Gasteiger partial charge in [-0.3, -0.25) is 0 Å². The maximum atomic E-state index is 5.82. The largest absolute Gasteiger partial charge is 0.377 e. The number of hydrogen-bond donors (Lipinski definition) is 0. The maximum Gasteiger partial charge on any atom is 0.191 e. The van der Waals surface area contributed by atoms with Gasteiger partial charge in [0.15, 0.2) is 5.16 Å². The van der Waals surface area contributed by atoms with Gasteiger partial charge in [0, 0.05) is 24.8 Å². The lowest BCUT2D eigenvalue weighted by molar-refractivity contribution is 0.0315. The van der Waals surface area contributed by atoms with Gasteiger partial charge in [0.2, 0.25) is 0 Å². The smallest absolute Gasteiger partial charge is 0.191 e. The predicted octanol–water partition coefficient (Wildman–Crippen LogP) is 4.17. The molecule has 1 aromatic rings. The molecule has 5 heteroatoms. The topological polar surface area (TPSA) is 39.9 Å². The molecule has 1 atom stereocenters. The summed E-state index contributed by atoms with van der Waals surface area (Å²) in [5.41, 5.74) is 0. The molecule has 1 aliphatic heterocycles.